The van der Waals surface area contributed by atoms with Gasteiger partial charge in [0.05, 0.1) is 29.8 Å². The summed E-state index contributed by atoms with van der Waals surface area (Å²) >= 11 is 0. The Labute approximate surface area is 116 Å². The van der Waals surface area contributed by atoms with E-state index < -0.39 is 17.1 Å². The van der Waals surface area contributed by atoms with Gasteiger partial charge in [0, 0.05) is 30.9 Å². The second-order valence-electron chi connectivity index (χ2n) is 4.83. The molecule has 1 aliphatic heterocycles. The zero-order chi connectivity index (χ0) is 14.7. The van der Waals surface area contributed by atoms with Crippen LogP contribution >= 0.6 is 0 Å². The SMILES string of the molecule is CCCOc1cc(N2CC(O)C(O)C2)cc([N+](=O)[O-])c1. The average molecular weight is 282 g/mol. The largest absolute Gasteiger partial charge is 0.493 e. The number of ether oxygens (including phenoxy) is 1. The van der Waals surface area contributed by atoms with Crippen LogP contribution in [0.1, 0.15) is 13.3 Å². The maximum Gasteiger partial charge on any atom is 0.275 e. The van der Waals surface area contributed by atoms with Crippen LogP contribution in [-0.4, -0.2) is 47.0 Å². The van der Waals surface area contributed by atoms with E-state index in [9.17, 15) is 20.3 Å². The molecule has 0 amide bonds. The lowest BCUT2D eigenvalue weighted by Gasteiger charge is -2.18. The number of hydrogen-bond donors (Lipinski definition) is 2. The first kappa shape index (κ1) is 14.5. The number of anilines is 1. The van der Waals surface area contributed by atoms with Crippen LogP contribution in [0.25, 0.3) is 0 Å². The molecule has 0 radical (unpaired) electrons. The molecule has 2 unspecified atom stereocenters. The van der Waals surface area contributed by atoms with Crippen molar-refractivity contribution in [3.8, 4) is 5.75 Å². The minimum Gasteiger partial charge on any atom is -0.493 e. The number of nitro benzene ring substituents is 1. The molecule has 7 heteroatoms. The molecule has 2 rings (SSSR count). The third-order valence-electron chi connectivity index (χ3n) is 3.18. The number of hydrogen-bond acceptors (Lipinski definition) is 6. The number of rotatable bonds is 5. The Kier molecular flexibility index (Phi) is 4.41. The Bertz CT molecular complexity index is 484. The smallest absolute Gasteiger partial charge is 0.275 e. The summed E-state index contributed by atoms with van der Waals surface area (Å²) in [5.74, 6) is 0.423. The van der Waals surface area contributed by atoms with Crippen molar-refractivity contribution in [1.29, 1.82) is 0 Å². The Balaban J connectivity index is 2.27. The summed E-state index contributed by atoms with van der Waals surface area (Å²) in [5.41, 5.74) is 0.505. The van der Waals surface area contributed by atoms with Crippen molar-refractivity contribution in [2.75, 3.05) is 24.6 Å². The first-order valence-corrected chi connectivity index (χ1v) is 6.54. The number of β-amino-alcohol motifs (C(OH)–C–C–N with tert-alkyl or cyclic N) is 2. The van der Waals surface area contributed by atoms with Gasteiger partial charge in [-0.3, -0.25) is 10.1 Å². The highest BCUT2D eigenvalue weighted by molar-refractivity contribution is 5.59. The van der Waals surface area contributed by atoms with Crippen molar-refractivity contribution >= 4 is 11.4 Å². The fourth-order valence-corrected chi connectivity index (χ4v) is 2.14. The zero-order valence-electron chi connectivity index (χ0n) is 11.2. The molecule has 0 aliphatic carbocycles. The van der Waals surface area contributed by atoms with Gasteiger partial charge in [-0.15, -0.1) is 0 Å². The lowest BCUT2D eigenvalue weighted by atomic mass is 10.2. The molecule has 2 atom stereocenters. The third-order valence-corrected chi connectivity index (χ3v) is 3.18. The molecular weight excluding hydrogens is 264 g/mol. The van der Waals surface area contributed by atoms with Gasteiger partial charge >= 0.3 is 0 Å². The van der Waals surface area contributed by atoms with Crippen molar-refractivity contribution in [3.63, 3.8) is 0 Å². The fourth-order valence-electron chi connectivity index (χ4n) is 2.14. The highest BCUT2D eigenvalue weighted by Gasteiger charge is 2.30. The molecule has 1 aliphatic rings. The molecule has 1 fully saturated rings. The van der Waals surface area contributed by atoms with Crippen LogP contribution < -0.4 is 9.64 Å². The predicted molar refractivity (Wildman–Crippen MR) is 73.1 cm³/mol. The van der Waals surface area contributed by atoms with E-state index in [0.717, 1.165) is 6.42 Å². The van der Waals surface area contributed by atoms with E-state index in [0.29, 0.717) is 18.0 Å². The zero-order valence-corrected chi connectivity index (χ0v) is 11.2. The van der Waals surface area contributed by atoms with Crippen molar-refractivity contribution in [3.05, 3.63) is 28.3 Å². The summed E-state index contributed by atoms with van der Waals surface area (Å²) < 4.78 is 5.44. The van der Waals surface area contributed by atoms with E-state index in [4.69, 9.17) is 4.74 Å². The number of nitrogens with zero attached hydrogens (tertiary/aromatic N) is 2. The van der Waals surface area contributed by atoms with Crippen molar-refractivity contribution in [1.82, 2.24) is 0 Å². The highest BCUT2D eigenvalue weighted by atomic mass is 16.6. The van der Waals surface area contributed by atoms with E-state index in [-0.39, 0.29) is 18.8 Å². The summed E-state index contributed by atoms with van der Waals surface area (Å²) in [6.07, 6.45) is -0.873. The average Bonchev–Trinajstić information content (AvgIpc) is 2.76. The molecule has 1 saturated heterocycles. The Hall–Kier alpha value is -1.86. The summed E-state index contributed by atoms with van der Waals surface area (Å²) in [4.78, 5) is 12.2. The summed E-state index contributed by atoms with van der Waals surface area (Å²) in [6, 6.07) is 4.49. The first-order valence-electron chi connectivity index (χ1n) is 6.54. The number of aliphatic hydroxyl groups excluding tert-OH is 2. The highest BCUT2D eigenvalue weighted by Crippen LogP contribution is 2.30. The summed E-state index contributed by atoms with van der Waals surface area (Å²) in [5, 5.41) is 30.1. The minimum atomic E-state index is -0.839. The van der Waals surface area contributed by atoms with E-state index >= 15 is 0 Å². The van der Waals surface area contributed by atoms with Crippen LogP contribution in [0.15, 0.2) is 18.2 Å². The fraction of sp³-hybridized carbons (Fsp3) is 0.538. The van der Waals surface area contributed by atoms with Crippen molar-refractivity contribution in [2.45, 2.75) is 25.6 Å². The molecular formula is C13H18N2O5. The molecule has 0 spiro atoms. The van der Waals surface area contributed by atoms with Crippen LogP contribution in [0.3, 0.4) is 0 Å². The number of nitro groups is 1. The Morgan fingerprint density at radius 1 is 1.35 bits per heavy atom. The molecule has 2 N–H and O–H groups in total. The van der Waals surface area contributed by atoms with E-state index in [1.54, 1.807) is 11.0 Å². The van der Waals surface area contributed by atoms with Gasteiger partial charge in [-0.1, -0.05) is 6.92 Å². The topological polar surface area (TPSA) is 96.1 Å². The van der Waals surface area contributed by atoms with E-state index in [2.05, 4.69) is 0 Å². The molecule has 1 aromatic carbocycles. The second-order valence-corrected chi connectivity index (χ2v) is 4.83. The molecule has 20 heavy (non-hydrogen) atoms. The van der Waals surface area contributed by atoms with E-state index in [1.165, 1.54) is 12.1 Å². The first-order chi connectivity index (χ1) is 9.51. The van der Waals surface area contributed by atoms with Gasteiger partial charge in [-0.05, 0) is 6.42 Å². The molecule has 0 aromatic heterocycles. The standard InChI is InChI=1S/C13H18N2O5/c1-2-3-20-11-5-9(4-10(6-11)15(18)19)14-7-12(16)13(17)8-14/h4-6,12-13,16-17H,2-3,7-8H2,1H3. The number of non-ortho nitro benzene ring substituents is 1. The van der Waals surface area contributed by atoms with Gasteiger partial charge in [0.1, 0.15) is 5.75 Å². The van der Waals surface area contributed by atoms with Gasteiger partial charge in [-0.2, -0.15) is 0 Å². The Morgan fingerprint density at radius 3 is 2.55 bits per heavy atom. The third kappa shape index (κ3) is 3.17. The van der Waals surface area contributed by atoms with Crippen molar-refractivity contribution in [2.24, 2.45) is 0 Å². The van der Waals surface area contributed by atoms with Gasteiger partial charge < -0.3 is 19.8 Å². The normalized spacial score (nSPS) is 22.1. The quantitative estimate of drug-likeness (QED) is 0.616. The van der Waals surface area contributed by atoms with Crippen LogP contribution in [0.5, 0.6) is 5.75 Å². The lowest BCUT2D eigenvalue weighted by molar-refractivity contribution is -0.384. The molecule has 0 saturated carbocycles. The summed E-state index contributed by atoms with van der Waals surface area (Å²) in [6.45, 7) is 2.92. The molecule has 1 aromatic rings. The summed E-state index contributed by atoms with van der Waals surface area (Å²) in [7, 11) is 0. The minimum absolute atomic E-state index is 0.0653. The maximum atomic E-state index is 11.0. The Morgan fingerprint density at radius 2 is 2.00 bits per heavy atom. The van der Waals surface area contributed by atoms with Crippen LogP contribution in [0.2, 0.25) is 0 Å². The van der Waals surface area contributed by atoms with Gasteiger partial charge in [0.15, 0.2) is 0 Å². The van der Waals surface area contributed by atoms with Crippen LogP contribution in [0.4, 0.5) is 11.4 Å². The van der Waals surface area contributed by atoms with Gasteiger partial charge in [-0.25, -0.2) is 0 Å². The monoisotopic (exact) mass is 282 g/mol. The van der Waals surface area contributed by atoms with Crippen LogP contribution in [-0.2, 0) is 0 Å². The molecule has 1 heterocycles. The van der Waals surface area contributed by atoms with Crippen molar-refractivity contribution < 1.29 is 19.9 Å². The van der Waals surface area contributed by atoms with Crippen LogP contribution in [0, 0.1) is 10.1 Å². The van der Waals surface area contributed by atoms with Gasteiger partial charge in [0.25, 0.3) is 5.69 Å². The molecule has 7 nitrogen and oxygen atoms in total. The van der Waals surface area contributed by atoms with E-state index in [1.807, 2.05) is 6.92 Å². The lowest BCUT2D eigenvalue weighted by Crippen LogP contribution is -2.22. The number of aliphatic hydroxyl groups is 2. The van der Waals surface area contributed by atoms with Gasteiger partial charge in [0.2, 0.25) is 0 Å². The molecule has 110 valence electrons. The number of benzene rings is 1. The predicted octanol–water partition coefficient (Wildman–Crippen LogP) is 0.925. The molecule has 0 bridgehead atoms. The second kappa shape index (κ2) is 6.06. The maximum absolute atomic E-state index is 11.0.